The van der Waals surface area contributed by atoms with Crippen molar-refractivity contribution in [2.45, 2.75) is 33.2 Å². The zero-order valence-corrected chi connectivity index (χ0v) is 14.1. The van der Waals surface area contributed by atoms with Gasteiger partial charge in [-0.2, -0.15) is 0 Å². The van der Waals surface area contributed by atoms with Gasteiger partial charge >= 0.3 is 5.97 Å². The largest absolute Gasteiger partial charge is 0.468 e. The number of amides is 1. The van der Waals surface area contributed by atoms with Crippen molar-refractivity contribution in [1.82, 2.24) is 9.47 Å². The number of aromatic nitrogens is 1. The van der Waals surface area contributed by atoms with Gasteiger partial charge in [0.05, 0.1) is 12.6 Å². The summed E-state index contributed by atoms with van der Waals surface area (Å²) >= 11 is 0. The number of carbonyl (C=O) groups excluding carboxylic acids is 2. The molecule has 1 aliphatic heterocycles. The van der Waals surface area contributed by atoms with Crippen LogP contribution in [0.15, 0.2) is 12.1 Å². The van der Waals surface area contributed by atoms with Crippen LogP contribution < -0.4 is 0 Å². The van der Waals surface area contributed by atoms with E-state index in [0.717, 1.165) is 47.0 Å². The van der Waals surface area contributed by atoms with E-state index in [1.807, 2.05) is 18.5 Å². The maximum absolute atomic E-state index is 12.8. The fourth-order valence-electron chi connectivity index (χ4n) is 3.58. The van der Waals surface area contributed by atoms with E-state index in [1.54, 1.807) is 4.90 Å². The third kappa shape index (κ3) is 2.50. The molecule has 0 aliphatic carbocycles. The number of nitrogens with zero attached hydrogens (tertiary/aromatic N) is 2. The molecule has 0 N–H and O–H groups in total. The number of esters is 1. The van der Waals surface area contributed by atoms with Crippen molar-refractivity contribution >= 4 is 22.8 Å². The van der Waals surface area contributed by atoms with E-state index in [2.05, 4.69) is 19.1 Å². The number of hydrogen-bond donors (Lipinski definition) is 0. The highest BCUT2D eigenvalue weighted by atomic mass is 16.5. The van der Waals surface area contributed by atoms with Crippen LogP contribution in [0.2, 0.25) is 0 Å². The SMILES string of the molecule is COC(=O)Cn1c2c(c3cc(C)cc(C)c31)CCCN(C)C2=O. The molecule has 0 radical (unpaired) electrons. The summed E-state index contributed by atoms with van der Waals surface area (Å²) in [5.41, 5.74) is 4.91. The Morgan fingerprint density at radius 3 is 2.74 bits per heavy atom. The standard InChI is InChI=1S/C18H22N2O3/c1-11-8-12(2)16-14(9-11)13-6-5-7-19(3)18(22)17(13)20(16)10-15(21)23-4/h8-9H,5-7,10H2,1-4H3. The second-order valence-corrected chi connectivity index (χ2v) is 6.30. The van der Waals surface area contributed by atoms with Crippen LogP contribution in [0, 0.1) is 13.8 Å². The molecule has 0 spiro atoms. The lowest BCUT2D eigenvalue weighted by atomic mass is 10.0. The number of methoxy groups -OCH3 is 1. The molecule has 2 aromatic rings. The van der Waals surface area contributed by atoms with Gasteiger partial charge in [0.15, 0.2) is 0 Å². The first-order chi connectivity index (χ1) is 10.9. The number of carbonyl (C=O) groups is 2. The summed E-state index contributed by atoms with van der Waals surface area (Å²) in [6.45, 7) is 4.88. The maximum Gasteiger partial charge on any atom is 0.325 e. The van der Waals surface area contributed by atoms with Gasteiger partial charge in [0.1, 0.15) is 12.2 Å². The Morgan fingerprint density at radius 2 is 2.04 bits per heavy atom. The normalized spacial score (nSPS) is 14.8. The lowest BCUT2D eigenvalue weighted by Gasteiger charge is -2.16. The summed E-state index contributed by atoms with van der Waals surface area (Å²) in [5, 5.41) is 1.09. The van der Waals surface area contributed by atoms with E-state index in [1.165, 1.54) is 7.11 Å². The van der Waals surface area contributed by atoms with Crippen molar-refractivity contribution < 1.29 is 14.3 Å². The Labute approximate surface area is 135 Å². The molecule has 0 bridgehead atoms. The summed E-state index contributed by atoms with van der Waals surface area (Å²) in [6, 6.07) is 4.21. The zero-order chi connectivity index (χ0) is 16.7. The van der Waals surface area contributed by atoms with Crippen LogP contribution >= 0.6 is 0 Å². The van der Waals surface area contributed by atoms with Crippen LogP contribution in [0.3, 0.4) is 0 Å². The van der Waals surface area contributed by atoms with Crippen LogP contribution in [-0.4, -0.2) is 42.0 Å². The quantitative estimate of drug-likeness (QED) is 0.800. The molecular weight excluding hydrogens is 292 g/mol. The van der Waals surface area contributed by atoms with Crippen molar-refractivity contribution in [1.29, 1.82) is 0 Å². The highest BCUT2D eigenvalue weighted by Crippen LogP contribution is 2.33. The minimum absolute atomic E-state index is 0.0188. The molecule has 0 saturated heterocycles. The molecule has 1 aliphatic rings. The van der Waals surface area contributed by atoms with Gasteiger partial charge in [-0.05, 0) is 43.9 Å². The van der Waals surface area contributed by atoms with Gasteiger partial charge in [0, 0.05) is 19.0 Å². The van der Waals surface area contributed by atoms with Gasteiger partial charge in [-0.25, -0.2) is 0 Å². The van der Waals surface area contributed by atoms with Crippen molar-refractivity contribution in [3.63, 3.8) is 0 Å². The van der Waals surface area contributed by atoms with Crippen molar-refractivity contribution in [2.75, 3.05) is 20.7 Å². The Balaban J connectivity index is 2.35. The number of ether oxygens (including phenoxy) is 1. The molecule has 5 heteroatoms. The summed E-state index contributed by atoms with van der Waals surface area (Å²) in [5.74, 6) is -0.362. The lowest BCUT2D eigenvalue weighted by Crippen LogP contribution is -2.29. The minimum atomic E-state index is -0.343. The Morgan fingerprint density at radius 1 is 1.30 bits per heavy atom. The highest BCUT2D eigenvalue weighted by molar-refractivity contribution is 6.03. The Hall–Kier alpha value is -2.30. The predicted molar refractivity (Wildman–Crippen MR) is 88.7 cm³/mol. The molecule has 122 valence electrons. The van der Waals surface area contributed by atoms with Crippen LogP contribution in [0.25, 0.3) is 10.9 Å². The number of aryl methyl sites for hydroxylation is 3. The first-order valence-electron chi connectivity index (χ1n) is 7.88. The van der Waals surface area contributed by atoms with E-state index >= 15 is 0 Å². The monoisotopic (exact) mass is 314 g/mol. The molecule has 1 aromatic carbocycles. The first-order valence-corrected chi connectivity index (χ1v) is 7.88. The Bertz CT molecular complexity index is 804. The van der Waals surface area contributed by atoms with Crippen LogP contribution in [-0.2, 0) is 22.5 Å². The number of fused-ring (bicyclic) bond motifs is 3. The summed E-state index contributed by atoms with van der Waals surface area (Å²) in [6.07, 6.45) is 1.78. The molecule has 0 fully saturated rings. The third-order valence-electron chi connectivity index (χ3n) is 4.58. The van der Waals surface area contributed by atoms with E-state index < -0.39 is 0 Å². The van der Waals surface area contributed by atoms with Crippen LogP contribution in [0.1, 0.15) is 33.6 Å². The van der Waals surface area contributed by atoms with Gasteiger partial charge in [-0.1, -0.05) is 11.6 Å². The van der Waals surface area contributed by atoms with Gasteiger partial charge < -0.3 is 14.2 Å². The minimum Gasteiger partial charge on any atom is -0.468 e. The van der Waals surface area contributed by atoms with Gasteiger partial charge in [0.25, 0.3) is 5.91 Å². The van der Waals surface area contributed by atoms with Crippen molar-refractivity contribution in [3.8, 4) is 0 Å². The van der Waals surface area contributed by atoms with Crippen LogP contribution in [0.4, 0.5) is 0 Å². The highest BCUT2D eigenvalue weighted by Gasteiger charge is 2.29. The van der Waals surface area contributed by atoms with Gasteiger partial charge in [-0.15, -0.1) is 0 Å². The molecule has 23 heavy (non-hydrogen) atoms. The maximum atomic E-state index is 12.8. The lowest BCUT2D eigenvalue weighted by molar-refractivity contribution is -0.141. The molecule has 1 aromatic heterocycles. The Kier molecular flexibility index (Phi) is 3.88. The molecule has 3 rings (SSSR count). The molecule has 5 nitrogen and oxygen atoms in total. The molecule has 0 unspecified atom stereocenters. The molecule has 1 amide bonds. The summed E-state index contributed by atoms with van der Waals surface area (Å²) < 4.78 is 6.68. The second kappa shape index (κ2) is 5.72. The third-order valence-corrected chi connectivity index (χ3v) is 4.58. The summed E-state index contributed by atoms with van der Waals surface area (Å²) in [7, 11) is 3.19. The second-order valence-electron chi connectivity index (χ2n) is 6.30. The number of rotatable bonds is 2. The van der Waals surface area contributed by atoms with E-state index in [9.17, 15) is 9.59 Å². The molecule has 0 saturated carbocycles. The zero-order valence-electron chi connectivity index (χ0n) is 14.1. The number of hydrogen-bond acceptors (Lipinski definition) is 3. The van der Waals surface area contributed by atoms with E-state index in [0.29, 0.717) is 5.69 Å². The van der Waals surface area contributed by atoms with E-state index in [-0.39, 0.29) is 18.4 Å². The average molecular weight is 314 g/mol. The van der Waals surface area contributed by atoms with Crippen molar-refractivity contribution in [3.05, 3.63) is 34.5 Å². The van der Waals surface area contributed by atoms with E-state index in [4.69, 9.17) is 4.74 Å². The van der Waals surface area contributed by atoms with Crippen LogP contribution in [0.5, 0.6) is 0 Å². The smallest absolute Gasteiger partial charge is 0.325 e. The predicted octanol–water partition coefficient (Wildman–Crippen LogP) is 2.45. The molecule has 0 atom stereocenters. The molecular formula is C18H22N2O3. The molecule has 2 heterocycles. The fourth-order valence-corrected chi connectivity index (χ4v) is 3.58. The van der Waals surface area contributed by atoms with Gasteiger partial charge in [0.2, 0.25) is 0 Å². The van der Waals surface area contributed by atoms with Gasteiger partial charge in [-0.3, -0.25) is 9.59 Å². The summed E-state index contributed by atoms with van der Waals surface area (Å²) in [4.78, 5) is 26.5. The average Bonchev–Trinajstić information content (AvgIpc) is 2.71. The van der Waals surface area contributed by atoms with Crippen molar-refractivity contribution in [2.24, 2.45) is 0 Å². The fraction of sp³-hybridized carbons (Fsp3) is 0.444. The number of benzene rings is 1. The topological polar surface area (TPSA) is 51.5 Å². The first kappa shape index (κ1) is 15.6.